The average Bonchev–Trinajstić information content (AvgIpc) is 3.14. The van der Waals surface area contributed by atoms with E-state index >= 15 is 0 Å². The van der Waals surface area contributed by atoms with Crippen LogP contribution in [0.15, 0.2) is 43.2 Å². The number of hydrogen-bond acceptors (Lipinski definition) is 7. The Morgan fingerprint density at radius 3 is 2.73 bits per heavy atom. The molecule has 26 heavy (non-hydrogen) atoms. The average molecular weight is 353 g/mol. The number of nitrogens with one attached hydrogen (secondary N) is 1. The van der Waals surface area contributed by atoms with Crippen LogP contribution < -0.4 is 5.32 Å². The number of aromatic nitrogens is 6. The molecule has 0 aliphatic carbocycles. The van der Waals surface area contributed by atoms with Crippen molar-refractivity contribution >= 4 is 5.91 Å². The van der Waals surface area contributed by atoms with Gasteiger partial charge < -0.3 is 14.6 Å². The van der Waals surface area contributed by atoms with Crippen LogP contribution in [0, 0.1) is 0 Å². The van der Waals surface area contributed by atoms with Gasteiger partial charge in [0.2, 0.25) is 0 Å². The Kier molecular flexibility index (Phi) is 5.94. The molecule has 3 rings (SSSR count). The number of pyridine rings is 1. The summed E-state index contributed by atoms with van der Waals surface area (Å²) in [5.74, 6) is 1.12. The Hall–Kier alpha value is -3.20. The normalized spacial score (nSPS) is 10.7. The lowest BCUT2D eigenvalue weighted by atomic mass is 10.2. The summed E-state index contributed by atoms with van der Waals surface area (Å²) in [4.78, 5) is 24.6. The number of amides is 1. The highest BCUT2D eigenvalue weighted by Gasteiger charge is 2.09. The van der Waals surface area contributed by atoms with Gasteiger partial charge in [-0.3, -0.25) is 9.78 Å². The minimum atomic E-state index is -0.228. The Labute approximate surface area is 150 Å². The first-order valence-electron chi connectivity index (χ1n) is 8.14. The van der Waals surface area contributed by atoms with Gasteiger partial charge >= 0.3 is 0 Å². The Bertz CT molecular complexity index is 834. The molecule has 134 valence electrons. The molecule has 3 aromatic heterocycles. The van der Waals surface area contributed by atoms with E-state index in [0.717, 1.165) is 11.4 Å². The van der Waals surface area contributed by atoms with Crippen molar-refractivity contribution in [3.05, 3.63) is 54.6 Å². The third-order valence-electron chi connectivity index (χ3n) is 3.72. The first-order chi connectivity index (χ1) is 12.8. The monoisotopic (exact) mass is 353 g/mol. The molecular weight excluding hydrogens is 334 g/mol. The highest BCUT2D eigenvalue weighted by Crippen LogP contribution is 2.12. The lowest BCUT2D eigenvalue weighted by Crippen LogP contribution is -2.27. The van der Waals surface area contributed by atoms with Crippen molar-refractivity contribution in [2.75, 3.05) is 20.3 Å². The van der Waals surface area contributed by atoms with Crippen LogP contribution in [0.25, 0.3) is 11.4 Å². The number of methoxy groups -OCH3 is 1. The third kappa shape index (κ3) is 4.45. The summed E-state index contributed by atoms with van der Waals surface area (Å²) >= 11 is 0. The molecule has 0 atom stereocenters. The van der Waals surface area contributed by atoms with E-state index in [9.17, 15) is 4.79 Å². The minimum absolute atomic E-state index is 0.228. The van der Waals surface area contributed by atoms with Gasteiger partial charge in [-0.2, -0.15) is 0 Å². The second-order valence-corrected chi connectivity index (χ2v) is 5.47. The molecule has 0 saturated heterocycles. The van der Waals surface area contributed by atoms with Gasteiger partial charge in [0.1, 0.15) is 12.2 Å². The number of rotatable bonds is 8. The Morgan fingerprint density at radius 1 is 1.23 bits per heavy atom. The third-order valence-corrected chi connectivity index (χ3v) is 3.72. The van der Waals surface area contributed by atoms with Crippen LogP contribution in [-0.2, 0) is 17.7 Å². The largest absolute Gasteiger partial charge is 0.383 e. The summed E-state index contributed by atoms with van der Waals surface area (Å²) < 4.78 is 6.95. The van der Waals surface area contributed by atoms with E-state index in [4.69, 9.17) is 4.74 Å². The molecule has 0 aromatic carbocycles. The van der Waals surface area contributed by atoms with Crippen molar-refractivity contribution in [2.24, 2.45) is 0 Å². The molecule has 3 heterocycles. The maximum Gasteiger partial charge on any atom is 0.254 e. The second kappa shape index (κ2) is 8.77. The molecule has 1 N–H and O–H groups in total. The van der Waals surface area contributed by atoms with E-state index in [1.807, 2.05) is 16.7 Å². The van der Waals surface area contributed by atoms with Gasteiger partial charge in [0.25, 0.3) is 5.91 Å². The van der Waals surface area contributed by atoms with Gasteiger partial charge in [-0.15, -0.1) is 10.2 Å². The van der Waals surface area contributed by atoms with Crippen LogP contribution >= 0.6 is 0 Å². The van der Waals surface area contributed by atoms with Crippen molar-refractivity contribution in [1.29, 1.82) is 0 Å². The van der Waals surface area contributed by atoms with Crippen LogP contribution in [0.2, 0.25) is 0 Å². The summed E-state index contributed by atoms with van der Waals surface area (Å²) in [5, 5.41) is 10.8. The van der Waals surface area contributed by atoms with Gasteiger partial charge in [0, 0.05) is 57.0 Å². The number of carbonyl (C=O) groups excluding carboxylic acids is 1. The summed E-state index contributed by atoms with van der Waals surface area (Å²) in [7, 11) is 1.65. The fourth-order valence-electron chi connectivity index (χ4n) is 2.33. The van der Waals surface area contributed by atoms with Crippen LogP contribution in [0.4, 0.5) is 0 Å². The van der Waals surface area contributed by atoms with Crippen LogP contribution in [0.1, 0.15) is 16.2 Å². The summed E-state index contributed by atoms with van der Waals surface area (Å²) in [5.41, 5.74) is 1.26. The van der Waals surface area contributed by atoms with E-state index in [2.05, 4.69) is 30.5 Å². The van der Waals surface area contributed by atoms with Gasteiger partial charge in [0.05, 0.1) is 12.2 Å². The molecule has 9 nitrogen and oxygen atoms in total. The standard InChI is InChI=1S/C17H19N7O2/c1-26-9-8-24-12-22-23-15(24)4-7-19-17(25)14-10-20-16(21-11-14)13-2-5-18-6-3-13/h2-3,5-6,10-12H,4,7-9H2,1H3,(H,19,25). The fraction of sp³-hybridized carbons (Fsp3) is 0.294. The summed E-state index contributed by atoms with van der Waals surface area (Å²) in [6.45, 7) is 1.70. The molecule has 3 aromatic rings. The molecule has 0 unspecified atom stereocenters. The van der Waals surface area contributed by atoms with Crippen molar-refractivity contribution < 1.29 is 9.53 Å². The molecule has 0 fully saturated rings. The van der Waals surface area contributed by atoms with E-state index < -0.39 is 0 Å². The Morgan fingerprint density at radius 2 is 2.00 bits per heavy atom. The number of nitrogens with zero attached hydrogens (tertiary/aromatic N) is 6. The fourth-order valence-corrected chi connectivity index (χ4v) is 2.33. The predicted octanol–water partition coefficient (Wildman–Crippen LogP) is 0.749. The highest BCUT2D eigenvalue weighted by molar-refractivity contribution is 5.93. The van der Waals surface area contributed by atoms with Crippen LogP contribution in [0.3, 0.4) is 0 Å². The van der Waals surface area contributed by atoms with Gasteiger partial charge in [0.15, 0.2) is 5.82 Å². The molecule has 1 amide bonds. The predicted molar refractivity (Wildman–Crippen MR) is 93.2 cm³/mol. The summed E-state index contributed by atoms with van der Waals surface area (Å²) in [6.07, 6.45) is 8.60. The lowest BCUT2D eigenvalue weighted by Gasteiger charge is -2.07. The zero-order chi connectivity index (χ0) is 18.2. The number of ether oxygens (including phenoxy) is 1. The van der Waals surface area contributed by atoms with Crippen molar-refractivity contribution in [3.63, 3.8) is 0 Å². The lowest BCUT2D eigenvalue weighted by molar-refractivity contribution is 0.0953. The molecule has 0 saturated carbocycles. The van der Waals surface area contributed by atoms with E-state index in [1.54, 1.807) is 25.8 Å². The number of carbonyl (C=O) groups is 1. The molecule has 0 spiro atoms. The molecule has 9 heteroatoms. The maximum atomic E-state index is 12.2. The highest BCUT2D eigenvalue weighted by atomic mass is 16.5. The maximum absolute atomic E-state index is 12.2. The number of hydrogen-bond donors (Lipinski definition) is 1. The van der Waals surface area contributed by atoms with Crippen LogP contribution in [0.5, 0.6) is 0 Å². The van der Waals surface area contributed by atoms with Gasteiger partial charge in [-0.25, -0.2) is 9.97 Å². The van der Waals surface area contributed by atoms with E-state index in [1.165, 1.54) is 12.4 Å². The zero-order valence-corrected chi connectivity index (χ0v) is 14.4. The van der Waals surface area contributed by atoms with Crippen molar-refractivity contribution in [1.82, 2.24) is 35.0 Å². The van der Waals surface area contributed by atoms with Gasteiger partial charge in [-0.1, -0.05) is 0 Å². The molecule has 0 bridgehead atoms. The van der Waals surface area contributed by atoms with Crippen molar-refractivity contribution in [2.45, 2.75) is 13.0 Å². The second-order valence-electron chi connectivity index (χ2n) is 5.47. The van der Waals surface area contributed by atoms with E-state index in [0.29, 0.717) is 37.5 Å². The zero-order valence-electron chi connectivity index (χ0n) is 14.4. The quantitative estimate of drug-likeness (QED) is 0.636. The minimum Gasteiger partial charge on any atom is -0.383 e. The summed E-state index contributed by atoms with van der Waals surface area (Å²) in [6, 6.07) is 3.63. The van der Waals surface area contributed by atoms with Gasteiger partial charge in [-0.05, 0) is 12.1 Å². The molecular formula is C17H19N7O2. The Balaban J connectivity index is 1.53. The van der Waals surface area contributed by atoms with Crippen molar-refractivity contribution in [3.8, 4) is 11.4 Å². The first kappa shape index (κ1) is 17.6. The smallest absolute Gasteiger partial charge is 0.254 e. The molecule has 0 aliphatic heterocycles. The molecule has 0 aliphatic rings. The molecule has 0 radical (unpaired) electrons. The SMILES string of the molecule is COCCn1cnnc1CCNC(=O)c1cnc(-c2ccncc2)nc1. The van der Waals surface area contributed by atoms with E-state index in [-0.39, 0.29) is 5.91 Å². The first-order valence-corrected chi connectivity index (χ1v) is 8.14. The topological polar surface area (TPSA) is 108 Å². The van der Waals surface area contributed by atoms with Crippen LogP contribution in [-0.4, -0.2) is 55.9 Å².